The Morgan fingerprint density at radius 2 is 1.52 bits per heavy atom. The molecular weight excluding hydrogens is 362 g/mol. The zero-order valence-corrected chi connectivity index (χ0v) is 15.0. The number of carbonyl (C=O) groups excluding carboxylic acids is 2. The molecule has 3 aromatic rings. The largest absolute Gasteiger partial charge is 0.323 e. The topological polar surface area (TPSA) is 71.1 Å². The summed E-state index contributed by atoms with van der Waals surface area (Å²) in [5.74, 6) is -0.129. The van der Waals surface area contributed by atoms with Crippen molar-refractivity contribution >= 4 is 40.9 Å². The minimum atomic E-state index is -0.382. The number of aromatic nitrogens is 1. The molecule has 0 saturated heterocycles. The Morgan fingerprint density at radius 3 is 2.11 bits per heavy atom. The second kappa shape index (κ2) is 8.78. The van der Waals surface area contributed by atoms with E-state index in [1.165, 1.54) is 6.08 Å². The van der Waals surface area contributed by atoms with Crippen LogP contribution in [-0.4, -0.2) is 16.8 Å². The van der Waals surface area contributed by atoms with Crippen molar-refractivity contribution in [1.82, 2.24) is 4.98 Å². The Morgan fingerprint density at radius 1 is 0.889 bits per heavy atom. The van der Waals surface area contributed by atoms with Crippen molar-refractivity contribution in [3.63, 3.8) is 0 Å². The molecule has 2 amide bonds. The second-order valence-electron chi connectivity index (χ2n) is 5.65. The lowest BCUT2D eigenvalue weighted by Gasteiger charge is -2.08. The number of allylic oxidation sites excluding steroid dienone is 1. The molecule has 0 spiro atoms. The lowest BCUT2D eigenvalue weighted by Crippen LogP contribution is -2.19. The van der Waals surface area contributed by atoms with Gasteiger partial charge in [-0.05, 0) is 72.3 Å². The summed E-state index contributed by atoms with van der Waals surface area (Å²) in [7, 11) is 0. The van der Waals surface area contributed by atoms with Gasteiger partial charge in [0.15, 0.2) is 5.78 Å². The van der Waals surface area contributed by atoms with Crippen LogP contribution in [0.5, 0.6) is 0 Å². The minimum Gasteiger partial charge on any atom is -0.308 e. The highest BCUT2D eigenvalue weighted by Gasteiger charge is 2.05. The monoisotopic (exact) mass is 377 g/mol. The minimum absolute atomic E-state index is 0.129. The molecule has 0 bridgehead atoms. The lowest BCUT2D eigenvalue weighted by atomic mass is 10.1. The fourth-order valence-corrected chi connectivity index (χ4v) is 2.41. The molecule has 0 radical (unpaired) electrons. The number of nitrogens with zero attached hydrogens (tertiary/aromatic N) is 1. The van der Waals surface area contributed by atoms with E-state index in [4.69, 9.17) is 11.6 Å². The van der Waals surface area contributed by atoms with Crippen molar-refractivity contribution in [2.24, 2.45) is 0 Å². The maximum Gasteiger partial charge on any atom is 0.323 e. The third-order valence-corrected chi connectivity index (χ3v) is 3.89. The Balaban J connectivity index is 1.58. The number of benzene rings is 2. The number of hydrogen-bond acceptors (Lipinski definition) is 3. The molecule has 0 unspecified atom stereocenters. The molecule has 5 nitrogen and oxygen atoms in total. The van der Waals surface area contributed by atoms with E-state index in [1.807, 2.05) is 6.07 Å². The molecule has 134 valence electrons. The maximum absolute atomic E-state index is 12.2. The van der Waals surface area contributed by atoms with Gasteiger partial charge in [-0.15, -0.1) is 0 Å². The molecule has 0 fully saturated rings. The van der Waals surface area contributed by atoms with E-state index in [1.54, 1.807) is 73.1 Å². The van der Waals surface area contributed by atoms with Gasteiger partial charge in [-0.3, -0.25) is 9.78 Å². The van der Waals surface area contributed by atoms with Crippen molar-refractivity contribution in [2.75, 3.05) is 10.6 Å². The van der Waals surface area contributed by atoms with E-state index < -0.39 is 0 Å². The number of nitrogens with one attached hydrogen (secondary N) is 2. The third kappa shape index (κ3) is 5.52. The number of rotatable bonds is 5. The standard InChI is InChI=1S/C21H16ClN3O2/c22-17-6-10-19(11-7-17)25-21(27)24-18-8-4-16(5-9-18)20(26)12-3-15-2-1-13-23-14-15/h1-14H,(H2,24,25,27)/b12-3+. The molecule has 0 saturated carbocycles. The highest BCUT2D eigenvalue weighted by Crippen LogP contribution is 2.15. The molecule has 2 N–H and O–H groups in total. The van der Waals surface area contributed by atoms with Crippen LogP contribution in [0.3, 0.4) is 0 Å². The molecule has 1 heterocycles. The number of pyridine rings is 1. The quantitative estimate of drug-likeness (QED) is 0.469. The van der Waals surface area contributed by atoms with Crippen molar-refractivity contribution in [3.05, 3.63) is 95.3 Å². The van der Waals surface area contributed by atoms with Crippen LogP contribution in [0.4, 0.5) is 16.2 Å². The molecule has 2 aromatic carbocycles. The molecule has 0 aliphatic rings. The van der Waals surface area contributed by atoms with Gasteiger partial charge in [-0.1, -0.05) is 17.7 Å². The van der Waals surface area contributed by atoms with Gasteiger partial charge >= 0.3 is 6.03 Å². The number of hydrogen-bond donors (Lipinski definition) is 2. The van der Waals surface area contributed by atoms with Crippen LogP contribution < -0.4 is 10.6 Å². The number of carbonyl (C=O) groups is 2. The van der Waals surface area contributed by atoms with Crippen molar-refractivity contribution < 1.29 is 9.59 Å². The average molecular weight is 378 g/mol. The summed E-state index contributed by atoms with van der Waals surface area (Å²) in [6, 6.07) is 16.8. The normalized spacial score (nSPS) is 10.6. The van der Waals surface area contributed by atoms with Crippen LogP contribution in [0.15, 0.2) is 79.1 Å². The number of urea groups is 1. The number of amides is 2. The number of ketones is 1. The zero-order valence-electron chi connectivity index (χ0n) is 14.2. The van der Waals surface area contributed by atoms with E-state index in [2.05, 4.69) is 15.6 Å². The molecular formula is C21H16ClN3O2. The summed E-state index contributed by atoms with van der Waals surface area (Å²) in [6.45, 7) is 0. The van der Waals surface area contributed by atoms with Gasteiger partial charge in [0.2, 0.25) is 0 Å². The first-order valence-electron chi connectivity index (χ1n) is 8.16. The van der Waals surface area contributed by atoms with Crippen LogP contribution in [0, 0.1) is 0 Å². The highest BCUT2D eigenvalue weighted by molar-refractivity contribution is 6.30. The summed E-state index contributed by atoms with van der Waals surface area (Å²) in [6.07, 6.45) is 6.55. The average Bonchev–Trinajstić information content (AvgIpc) is 2.69. The SMILES string of the molecule is O=C(Nc1ccc(Cl)cc1)Nc1ccc(C(=O)/C=C/c2cccnc2)cc1. The lowest BCUT2D eigenvalue weighted by molar-refractivity contribution is 0.104. The smallest absolute Gasteiger partial charge is 0.308 e. The van der Waals surface area contributed by atoms with Crippen LogP contribution in [0.1, 0.15) is 15.9 Å². The van der Waals surface area contributed by atoms with Gasteiger partial charge in [-0.25, -0.2) is 4.79 Å². The molecule has 0 aliphatic carbocycles. The second-order valence-corrected chi connectivity index (χ2v) is 6.08. The molecule has 3 rings (SSSR count). The van der Waals surface area contributed by atoms with Gasteiger partial charge in [0.1, 0.15) is 0 Å². The van der Waals surface area contributed by atoms with E-state index in [0.29, 0.717) is 22.0 Å². The highest BCUT2D eigenvalue weighted by atomic mass is 35.5. The molecule has 0 atom stereocenters. The van der Waals surface area contributed by atoms with Crippen molar-refractivity contribution in [2.45, 2.75) is 0 Å². The van der Waals surface area contributed by atoms with Crippen LogP contribution in [-0.2, 0) is 0 Å². The summed E-state index contributed by atoms with van der Waals surface area (Å²) >= 11 is 5.81. The Labute approximate surface area is 161 Å². The molecule has 27 heavy (non-hydrogen) atoms. The molecule has 1 aromatic heterocycles. The van der Waals surface area contributed by atoms with Crippen LogP contribution >= 0.6 is 11.6 Å². The van der Waals surface area contributed by atoms with Gasteiger partial charge in [0, 0.05) is 34.4 Å². The summed E-state index contributed by atoms with van der Waals surface area (Å²) in [5.41, 5.74) is 2.58. The Hall–Kier alpha value is -3.44. The summed E-state index contributed by atoms with van der Waals surface area (Å²) in [4.78, 5) is 28.2. The van der Waals surface area contributed by atoms with E-state index in [-0.39, 0.29) is 11.8 Å². The first-order chi connectivity index (χ1) is 13.1. The number of halogens is 1. The van der Waals surface area contributed by atoms with Gasteiger partial charge in [-0.2, -0.15) is 0 Å². The van der Waals surface area contributed by atoms with E-state index >= 15 is 0 Å². The first kappa shape index (κ1) is 18.4. The summed E-state index contributed by atoms with van der Waals surface area (Å²) in [5, 5.41) is 6.01. The van der Waals surface area contributed by atoms with Gasteiger partial charge < -0.3 is 10.6 Å². The fraction of sp³-hybridized carbons (Fsp3) is 0. The predicted molar refractivity (Wildman–Crippen MR) is 108 cm³/mol. The van der Waals surface area contributed by atoms with Gasteiger partial charge in [0.25, 0.3) is 0 Å². The summed E-state index contributed by atoms with van der Waals surface area (Å²) < 4.78 is 0. The van der Waals surface area contributed by atoms with Gasteiger partial charge in [0.05, 0.1) is 0 Å². The van der Waals surface area contributed by atoms with Crippen LogP contribution in [0.25, 0.3) is 6.08 Å². The first-order valence-corrected chi connectivity index (χ1v) is 8.54. The van der Waals surface area contributed by atoms with Crippen LogP contribution in [0.2, 0.25) is 5.02 Å². The maximum atomic E-state index is 12.2. The predicted octanol–water partition coefficient (Wildman–Crippen LogP) is 5.28. The Bertz CT molecular complexity index is 953. The van der Waals surface area contributed by atoms with Crippen molar-refractivity contribution in [3.8, 4) is 0 Å². The third-order valence-electron chi connectivity index (χ3n) is 3.64. The van der Waals surface area contributed by atoms with Crippen molar-refractivity contribution in [1.29, 1.82) is 0 Å². The molecule has 6 heteroatoms. The fourth-order valence-electron chi connectivity index (χ4n) is 2.29. The number of anilines is 2. The molecule has 0 aliphatic heterocycles. The Kier molecular flexibility index (Phi) is 5.97. The zero-order chi connectivity index (χ0) is 19.1. The van der Waals surface area contributed by atoms with E-state index in [0.717, 1.165) is 5.56 Å². The van der Waals surface area contributed by atoms with E-state index in [9.17, 15) is 9.59 Å².